The van der Waals surface area contributed by atoms with Gasteiger partial charge in [-0.05, 0) is 20.5 Å². The van der Waals surface area contributed by atoms with Crippen molar-refractivity contribution in [1.82, 2.24) is 15.1 Å². The summed E-state index contributed by atoms with van der Waals surface area (Å²) in [6, 6.07) is -1.04. The number of halogens is 3. The van der Waals surface area contributed by atoms with E-state index in [0.717, 1.165) is 0 Å². The second-order valence-electron chi connectivity index (χ2n) is 4.73. The number of likely N-dealkylation sites (N-methyl/N-ethyl adjacent to an activating group) is 1. The van der Waals surface area contributed by atoms with E-state index in [1.165, 1.54) is 4.90 Å². The van der Waals surface area contributed by atoms with Crippen LogP contribution in [-0.4, -0.2) is 73.0 Å². The van der Waals surface area contributed by atoms with Crippen LogP contribution < -0.4 is 5.32 Å². The Bertz CT molecular complexity index is 297. The molecular formula is C10H18F3N3O2. The number of β-amino-alcohol motifs (C(OH)–C–C–N with tert-alkyl or cyclic N) is 1. The summed E-state index contributed by atoms with van der Waals surface area (Å²) in [5, 5.41) is 11.3. The van der Waals surface area contributed by atoms with Crippen molar-refractivity contribution in [3.63, 3.8) is 0 Å². The topological polar surface area (TPSA) is 55.8 Å². The number of hydrogen-bond acceptors (Lipinski definition) is 3. The Morgan fingerprint density at radius 1 is 1.50 bits per heavy atom. The third-order valence-electron chi connectivity index (χ3n) is 2.67. The SMILES string of the molecule is CN(C)CC1CC(O)CN1C(=O)NCC(F)(F)F. The molecule has 2 amide bonds. The highest BCUT2D eigenvalue weighted by atomic mass is 19.4. The highest BCUT2D eigenvalue weighted by molar-refractivity contribution is 5.75. The van der Waals surface area contributed by atoms with Crippen molar-refractivity contribution in [3.05, 3.63) is 0 Å². The van der Waals surface area contributed by atoms with Crippen molar-refractivity contribution < 1.29 is 23.1 Å². The van der Waals surface area contributed by atoms with E-state index >= 15 is 0 Å². The zero-order chi connectivity index (χ0) is 13.9. The molecule has 0 aromatic heterocycles. The zero-order valence-corrected chi connectivity index (χ0v) is 10.4. The smallest absolute Gasteiger partial charge is 0.391 e. The van der Waals surface area contributed by atoms with Crippen LogP contribution in [0.15, 0.2) is 0 Å². The van der Waals surface area contributed by atoms with Crippen LogP contribution >= 0.6 is 0 Å². The Balaban J connectivity index is 2.54. The third kappa shape index (κ3) is 4.69. The molecule has 0 saturated carbocycles. The maximum atomic E-state index is 12.0. The van der Waals surface area contributed by atoms with Crippen LogP contribution in [-0.2, 0) is 0 Å². The summed E-state index contributed by atoms with van der Waals surface area (Å²) >= 11 is 0. The van der Waals surface area contributed by atoms with Gasteiger partial charge >= 0.3 is 12.2 Å². The van der Waals surface area contributed by atoms with Crippen molar-refractivity contribution in [2.75, 3.05) is 33.7 Å². The maximum Gasteiger partial charge on any atom is 0.405 e. The van der Waals surface area contributed by atoms with Gasteiger partial charge in [-0.3, -0.25) is 0 Å². The number of amides is 2. The minimum absolute atomic E-state index is 0.0716. The van der Waals surface area contributed by atoms with Gasteiger partial charge in [0.15, 0.2) is 0 Å². The fourth-order valence-electron chi connectivity index (χ4n) is 2.01. The van der Waals surface area contributed by atoms with E-state index in [2.05, 4.69) is 0 Å². The van der Waals surface area contributed by atoms with Gasteiger partial charge in [-0.15, -0.1) is 0 Å². The number of likely N-dealkylation sites (tertiary alicyclic amines) is 1. The van der Waals surface area contributed by atoms with Crippen LogP contribution in [0.2, 0.25) is 0 Å². The molecule has 0 radical (unpaired) electrons. The molecule has 1 rings (SSSR count). The summed E-state index contributed by atoms with van der Waals surface area (Å²) in [5.41, 5.74) is 0. The van der Waals surface area contributed by atoms with Crippen LogP contribution in [0.1, 0.15) is 6.42 Å². The van der Waals surface area contributed by atoms with Crippen molar-refractivity contribution in [1.29, 1.82) is 0 Å². The lowest BCUT2D eigenvalue weighted by atomic mass is 10.2. The summed E-state index contributed by atoms with van der Waals surface area (Å²) < 4.78 is 36.0. The average molecular weight is 269 g/mol. The summed E-state index contributed by atoms with van der Waals surface area (Å²) in [6.45, 7) is -0.772. The molecule has 0 aliphatic carbocycles. The number of aliphatic hydroxyl groups is 1. The first-order chi connectivity index (χ1) is 8.19. The number of nitrogens with zero attached hydrogens (tertiary/aromatic N) is 2. The Morgan fingerprint density at radius 3 is 2.61 bits per heavy atom. The number of carbonyl (C=O) groups excluding carboxylic acids is 1. The Morgan fingerprint density at radius 2 is 2.11 bits per heavy atom. The van der Waals surface area contributed by atoms with Crippen molar-refractivity contribution >= 4 is 6.03 Å². The zero-order valence-electron chi connectivity index (χ0n) is 10.4. The number of hydrogen-bond donors (Lipinski definition) is 2. The van der Waals surface area contributed by atoms with Gasteiger partial charge in [0, 0.05) is 19.1 Å². The predicted octanol–water partition coefficient (Wildman–Crippen LogP) is 0.255. The minimum Gasteiger partial charge on any atom is -0.391 e. The summed E-state index contributed by atoms with van der Waals surface area (Å²) in [7, 11) is 3.60. The van der Waals surface area contributed by atoms with Gasteiger partial charge in [0.05, 0.1) is 6.10 Å². The molecule has 1 fully saturated rings. The lowest BCUT2D eigenvalue weighted by molar-refractivity contribution is -0.123. The molecule has 2 unspecified atom stereocenters. The first-order valence-electron chi connectivity index (χ1n) is 5.63. The molecule has 1 saturated heterocycles. The van der Waals surface area contributed by atoms with Gasteiger partial charge in [0.25, 0.3) is 0 Å². The molecule has 8 heteroatoms. The fourth-order valence-corrected chi connectivity index (χ4v) is 2.01. The van der Waals surface area contributed by atoms with E-state index in [4.69, 9.17) is 0 Å². The van der Waals surface area contributed by atoms with E-state index < -0.39 is 24.9 Å². The van der Waals surface area contributed by atoms with Crippen LogP contribution in [0.4, 0.5) is 18.0 Å². The first kappa shape index (κ1) is 15.0. The van der Waals surface area contributed by atoms with Gasteiger partial charge in [0.2, 0.25) is 0 Å². The van der Waals surface area contributed by atoms with Crippen LogP contribution in [0.5, 0.6) is 0 Å². The summed E-state index contributed by atoms with van der Waals surface area (Å²) in [6.07, 6.45) is -4.71. The molecule has 1 heterocycles. The molecule has 1 aliphatic rings. The third-order valence-corrected chi connectivity index (χ3v) is 2.67. The molecule has 0 spiro atoms. The summed E-state index contributed by atoms with van der Waals surface area (Å²) in [5.74, 6) is 0. The predicted molar refractivity (Wildman–Crippen MR) is 59.1 cm³/mol. The molecule has 1 aliphatic heterocycles. The molecule has 2 N–H and O–H groups in total. The number of rotatable bonds is 3. The van der Waals surface area contributed by atoms with E-state index in [-0.39, 0.29) is 12.6 Å². The van der Waals surface area contributed by atoms with Gasteiger partial charge in [-0.1, -0.05) is 0 Å². The maximum absolute atomic E-state index is 12.0. The second kappa shape index (κ2) is 5.75. The van der Waals surface area contributed by atoms with Crippen molar-refractivity contribution in [3.8, 4) is 0 Å². The number of aliphatic hydroxyl groups excluding tert-OH is 1. The standard InChI is InChI=1S/C10H18F3N3O2/c1-15(2)4-7-3-8(17)5-16(7)9(18)14-6-10(11,12)13/h7-8,17H,3-6H2,1-2H3,(H,14,18). The molecule has 18 heavy (non-hydrogen) atoms. The largest absolute Gasteiger partial charge is 0.405 e. The molecule has 5 nitrogen and oxygen atoms in total. The van der Waals surface area contributed by atoms with E-state index in [9.17, 15) is 23.1 Å². The van der Waals surface area contributed by atoms with E-state index in [1.807, 2.05) is 10.2 Å². The van der Waals surface area contributed by atoms with Crippen molar-refractivity contribution in [2.24, 2.45) is 0 Å². The lowest BCUT2D eigenvalue weighted by Crippen LogP contribution is -2.48. The van der Waals surface area contributed by atoms with E-state index in [1.54, 1.807) is 14.1 Å². The Hall–Kier alpha value is -1.02. The quantitative estimate of drug-likeness (QED) is 0.772. The van der Waals surface area contributed by atoms with Gasteiger partial charge in [-0.2, -0.15) is 13.2 Å². The van der Waals surface area contributed by atoms with Crippen LogP contribution in [0, 0.1) is 0 Å². The average Bonchev–Trinajstić information content (AvgIpc) is 2.53. The lowest BCUT2D eigenvalue weighted by Gasteiger charge is -2.27. The highest BCUT2D eigenvalue weighted by Gasteiger charge is 2.36. The monoisotopic (exact) mass is 269 g/mol. The molecular weight excluding hydrogens is 251 g/mol. The Labute approximate surface area is 104 Å². The molecule has 2 atom stereocenters. The Kier molecular flexibility index (Phi) is 4.80. The van der Waals surface area contributed by atoms with Crippen molar-refractivity contribution in [2.45, 2.75) is 24.7 Å². The van der Waals surface area contributed by atoms with Gasteiger partial charge in [0.1, 0.15) is 6.54 Å². The van der Waals surface area contributed by atoms with E-state index in [0.29, 0.717) is 13.0 Å². The normalized spacial score (nSPS) is 24.7. The molecule has 106 valence electrons. The molecule has 0 bridgehead atoms. The van der Waals surface area contributed by atoms with Gasteiger partial charge < -0.3 is 20.2 Å². The minimum atomic E-state index is -4.43. The van der Waals surface area contributed by atoms with Gasteiger partial charge in [-0.25, -0.2) is 4.79 Å². The second-order valence-corrected chi connectivity index (χ2v) is 4.73. The number of nitrogens with one attached hydrogen (secondary N) is 1. The van der Waals surface area contributed by atoms with Crippen LogP contribution in [0.25, 0.3) is 0 Å². The summed E-state index contributed by atoms with van der Waals surface area (Å²) in [4.78, 5) is 14.7. The highest BCUT2D eigenvalue weighted by Crippen LogP contribution is 2.19. The number of alkyl halides is 3. The first-order valence-corrected chi connectivity index (χ1v) is 5.63. The number of carbonyl (C=O) groups is 1. The van der Waals surface area contributed by atoms with Crippen LogP contribution in [0.3, 0.4) is 0 Å². The molecule has 0 aromatic rings. The molecule has 0 aromatic carbocycles. The number of urea groups is 1. The fraction of sp³-hybridized carbons (Fsp3) is 0.900.